The van der Waals surface area contributed by atoms with Crippen LogP contribution in [0.2, 0.25) is 0 Å². The molecule has 0 aromatic carbocycles. The number of nitrogens with one attached hydrogen (secondary N) is 1. The molecule has 3 rings (SSSR count). The van der Waals surface area contributed by atoms with Gasteiger partial charge in [-0.25, -0.2) is 0 Å². The summed E-state index contributed by atoms with van der Waals surface area (Å²) in [6, 6.07) is 3.15. The predicted octanol–water partition coefficient (Wildman–Crippen LogP) is 2.57. The van der Waals surface area contributed by atoms with Gasteiger partial charge >= 0.3 is 0 Å². The van der Waals surface area contributed by atoms with Crippen LogP contribution in [0.4, 0.5) is 0 Å². The SMILES string of the molecule is CC1CNCC1CN(Cc1ccsc1)C1CC1. The quantitative estimate of drug-likeness (QED) is 0.864. The zero-order valence-corrected chi connectivity index (χ0v) is 11.4. The number of nitrogens with zero attached hydrogens (tertiary/aromatic N) is 1. The van der Waals surface area contributed by atoms with Crippen LogP contribution in [0.3, 0.4) is 0 Å². The highest BCUT2D eigenvalue weighted by Gasteiger charge is 2.33. The van der Waals surface area contributed by atoms with Crippen LogP contribution in [0.5, 0.6) is 0 Å². The molecule has 1 aromatic rings. The normalized spacial score (nSPS) is 29.1. The molecule has 2 heterocycles. The van der Waals surface area contributed by atoms with E-state index in [1.807, 2.05) is 11.3 Å². The lowest BCUT2D eigenvalue weighted by molar-refractivity contribution is 0.202. The van der Waals surface area contributed by atoms with Gasteiger partial charge in [0.2, 0.25) is 0 Å². The standard InChI is InChI=1S/C14H22N2S/c1-11-6-15-7-13(11)9-16(14-2-3-14)8-12-4-5-17-10-12/h4-5,10-11,13-15H,2-3,6-9H2,1H3. The highest BCUT2D eigenvalue weighted by molar-refractivity contribution is 7.07. The smallest absolute Gasteiger partial charge is 0.0245 e. The van der Waals surface area contributed by atoms with Crippen molar-refractivity contribution in [3.63, 3.8) is 0 Å². The Kier molecular flexibility index (Phi) is 3.50. The van der Waals surface area contributed by atoms with Crippen LogP contribution in [-0.2, 0) is 6.54 Å². The molecule has 1 aliphatic heterocycles. The molecule has 94 valence electrons. The zero-order chi connectivity index (χ0) is 11.7. The third-order valence-electron chi connectivity index (χ3n) is 4.18. The molecule has 2 nitrogen and oxygen atoms in total. The molecule has 2 fully saturated rings. The molecule has 1 saturated heterocycles. The Bertz CT molecular complexity index is 345. The van der Waals surface area contributed by atoms with E-state index < -0.39 is 0 Å². The second-order valence-corrected chi connectivity index (χ2v) is 6.47. The van der Waals surface area contributed by atoms with Gasteiger partial charge in [0.05, 0.1) is 0 Å². The highest BCUT2D eigenvalue weighted by Crippen LogP contribution is 2.31. The van der Waals surface area contributed by atoms with Gasteiger partial charge in [0.15, 0.2) is 0 Å². The molecule has 17 heavy (non-hydrogen) atoms. The minimum atomic E-state index is 0.846. The summed E-state index contributed by atoms with van der Waals surface area (Å²) in [4.78, 5) is 2.72. The summed E-state index contributed by atoms with van der Waals surface area (Å²) in [5.41, 5.74) is 1.50. The molecule has 2 aliphatic rings. The first-order valence-corrected chi connectivity index (χ1v) is 7.73. The molecule has 1 saturated carbocycles. The Balaban J connectivity index is 1.60. The van der Waals surface area contributed by atoms with Gasteiger partial charge in [0, 0.05) is 19.1 Å². The molecule has 2 atom stereocenters. The number of hydrogen-bond acceptors (Lipinski definition) is 3. The van der Waals surface area contributed by atoms with Crippen molar-refractivity contribution in [1.29, 1.82) is 0 Å². The molecule has 0 bridgehead atoms. The highest BCUT2D eigenvalue weighted by atomic mass is 32.1. The summed E-state index contributed by atoms with van der Waals surface area (Å²) >= 11 is 1.82. The van der Waals surface area contributed by atoms with Crippen LogP contribution in [0.1, 0.15) is 25.3 Å². The van der Waals surface area contributed by atoms with Gasteiger partial charge in [-0.3, -0.25) is 4.90 Å². The first-order chi connectivity index (χ1) is 8.33. The number of thiophene rings is 1. The van der Waals surface area contributed by atoms with Gasteiger partial charge in [0.1, 0.15) is 0 Å². The molecular formula is C14H22N2S. The van der Waals surface area contributed by atoms with E-state index in [0.717, 1.165) is 24.4 Å². The van der Waals surface area contributed by atoms with Crippen molar-refractivity contribution in [3.05, 3.63) is 22.4 Å². The van der Waals surface area contributed by atoms with Crippen molar-refractivity contribution in [2.24, 2.45) is 11.8 Å². The Morgan fingerprint density at radius 2 is 2.29 bits per heavy atom. The van der Waals surface area contributed by atoms with Crippen LogP contribution < -0.4 is 5.32 Å². The van der Waals surface area contributed by atoms with Crippen molar-refractivity contribution < 1.29 is 0 Å². The maximum atomic E-state index is 3.52. The lowest BCUT2D eigenvalue weighted by Crippen LogP contribution is -2.33. The maximum absolute atomic E-state index is 3.52. The van der Waals surface area contributed by atoms with E-state index in [9.17, 15) is 0 Å². The minimum Gasteiger partial charge on any atom is -0.316 e. The molecule has 0 spiro atoms. The third-order valence-corrected chi connectivity index (χ3v) is 4.91. The molecule has 3 heteroatoms. The monoisotopic (exact) mass is 250 g/mol. The van der Waals surface area contributed by atoms with Crippen molar-refractivity contribution >= 4 is 11.3 Å². The third kappa shape index (κ3) is 2.90. The lowest BCUT2D eigenvalue weighted by atomic mass is 9.97. The lowest BCUT2D eigenvalue weighted by Gasteiger charge is -2.26. The van der Waals surface area contributed by atoms with Crippen molar-refractivity contribution in [2.75, 3.05) is 19.6 Å². The summed E-state index contributed by atoms with van der Waals surface area (Å²) in [5.74, 6) is 1.70. The van der Waals surface area contributed by atoms with Gasteiger partial charge in [-0.2, -0.15) is 11.3 Å². The largest absolute Gasteiger partial charge is 0.316 e. The van der Waals surface area contributed by atoms with Crippen LogP contribution in [-0.4, -0.2) is 30.6 Å². The Morgan fingerprint density at radius 1 is 1.41 bits per heavy atom. The van der Waals surface area contributed by atoms with Crippen molar-refractivity contribution in [1.82, 2.24) is 10.2 Å². The fourth-order valence-corrected chi connectivity index (χ4v) is 3.47. The van der Waals surface area contributed by atoms with Gasteiger partial charge in [-0.05, 0) is 60.2 Å². The molecule has 1 N–H and O–H groups in total. The molecule has 1 aromatic heterocycles. The second-order valence-electron chi connectivity index (χ2n) is 5.69. The summed E-state index contributed by atoms with van der Waals surface area (Å²) < 4.78 is 0. The van der Waals surface area contributed by atoms with Crippen LogP contribution in [0, 0.1) is 11.8 Å². The van der Waals surface area contributed by atoms with E-state index in [1.165, 1.54) is 38.0 Å². The van der Waals surface area contributed by atoms with Gasteiger partial charge in [-0.15, -0.1) is 0 Å². The summed E-state index contributed by atoms with van der Waals surface area (Å²) in [5, 5.41) is 8.01. The van der Waals surface area contributed by atoms with E-state index in [0.29, 0.717) is 0 Å². The van der Waals surface area contributed by atoms with Crippen molar-refractivity contribution in [3.8, 4) is 0 Å². The first-order valence-electron chi connectivity index (χ1n) is 6.79. The zero-order valence-electron chi connectivity index (χ0n) is 10.6. The molecular weight excluding hydrogens is 228 g/mol. The molecule has 1 aliphatic carbocycles. The van der Waals surface area contributed by atoms with Crippen LogP contribution in [0.25, 0.3) is 0 Å². The van der Waals surface area contributed by atoms with Crippen LogP contribution >= 0.6 is 11.3 Å². The molecule has 0 amide bonds. The Morgan fingerprint density at radius 3 is 2.88 bits per heavy atom. The molecule has 0 radical (unpaired) electrons. The fourth-order valence-electron chi connectivity index (χ4n) is 2.81. The van der Waals surface area contributed by atoms with E-state index in [-0.39, 0.29) is 0 Å². The van der Waals surface area contributed by atoms with Gasteiger partial charge < -0.3 is 5.32 Å². The number of rotatable bonds is 5. The molecule has 2 unspecified atom stereocenters. The summed E-state index contributed by atoms with van der Waals surface area (Å²) in [7, 11) is 0. The van der Waals surface area contributed by atoms with E-state index >= 15 is 0 Å². The minimum absolute atomic E-state index is 0.846. The summed E-state index contributed by atoms with van der Waals surface area (Å²) in [6.07, 6.45) is 2.83. The van der Waals surface area contributed by atoms with Crippen molar-refractivity contribution in [2.45, 2.75) is 32.4 Å². The van der Waals surface area contributed by atoms with Crippen LogP contribution in [0.15, 0.2) is 16.8 Å². The summed E-state index contributed by atoms with van der Waals surface area (Å²) in [6.45, 7) is 7.27. The van der Waals surface area contributed by atoms with E-state index in [1.54, 1.807) is 0 Å². The fraction of sp³-hybridized carbons (Fsp3) is 0.714. The van der Waals surface area contributed by atoms with Gasteiger partial charge in [0.25, 0.3) is 0 Å². The van der Waals surface area contributed by atoms with E-state index in [2.05, 4.69) is 34.0 Å². The Hall–Kier alpha value is -0.380. The average molecular weight is 250 g/mol. The number of hydrogen-bond donors (Lipinski definition) is 1. The first kappa shape index (κ1) is 11.7. The van der Waals surface area contributed by atoms with Gasteiger partial charge in [-0.1, -0.05) is 6.92 Å². The Labute approximate surface area is 108 Å². The topological polar surface area (TPSA) is 15.3 Å². The van der Waals surface area contributed by atoms with E-state index in [4.69, 9.17) is 0 Å². The second kappa shape index (κ2) is 5.09. The maximum Gasteiger partial charge on any atom is 0.0245 e. The average Bonchev–Trinajstić information content (AvgIpc) is 2.91. The predicted molar refractivity (Wildman–Crippen MR) is 73.3 cm³/mol.